The van der Waals surface area contributed by atoms with Crippen molar-refractivity contribution in [2.24, 2.45) is 0 Å². The highest BCUT2D eigenvalue weighted by molar-refractivity contribution is 6.03. The van der Waals surface area contributed by atoms with Crippen molar-refractivity contribution in [3.05, 3.63) is 77.1 Å². The Balaban J connectivity index is 1.75. The number of rotatable bonds is 5. The Bertz CT molecular complexity index is 925. The van der Waals surface area contributed by atoms with Crippen molar-refractivity contribution in [1.82, 2.24) is 4.90 Å². The number of carbonyl (C=O) groups is 2. The van der Waals surface area contributed by atoms with Crippen LogP contribution in [0.25, 0.3) is 0 Å². The fourth-order valence-corrected chi connectivity index (χ4v) is 2.58. The molecule has 6 heteroatoms. The van der Waals surface area contributed by atoms with Gasteiger partial charge in [0.25, 0.3) is 11.8 Å². The molecule has 1 N–H and O–H groups in total. The SMILES string of the molecule is Cc1ccc(CN(C)C(=O)c2ccc(C)c(NC(=O)c3ccco3)c2)o1. The van der Waals surface area contributed by atoms with E-state index in [9.17, 15) is 9.59 Å². The lowest BCUT2D eigenvalue weighted by atomic mass is 10.1. The lowest BCUT2D eigenvalue weighted by molar-refractivity contribution is 0.0774. The number of anilines is 1. The second kappa shape index (κ2) is 7.31. The van der Waals surface area contributed by atoms with Crippen molar-refractivity contribution in [1.29, 1.82) is 0 Å². The zero-order valence-electron chi connectivity index (χ0n) is 14.9. The minimum atomic E-state index is -0.359. The van der Waals surface area contributed by atoms with Crippen LogP contribution in [0.2, 0.25) is 0 Å². The summed E-state index contributed by atoms with van der Waals surface area (Å²) in [5, 5.41) is 2.78. The first-order valence-electron chi connectivity index (χ1n) is 8.20. The molecule has 6 nitrogen and oxygen atoms in total. The number of furan rings is 2. The summed E-state index contributed by atoms with van der Waals surface area (Å²) in [6, 6.07) is 12.2. The van der Waals surface area contributed by atoms with Crippen molar-refractivity contribution in [3.63, 3.8) is 0 Å². The van der Waals surface area contributed by atoms with Gasteiger partial charge in [0.2, 0.25) is 0 Å². The maximum Gasteiger partial charge on any atom is 0.291 e. The molecule has 26 heavy (non-hydrogen) atoms. The van der Waals surface area contributed by atoms with Crippen molar-refractivity contribution in [2.45, 2.75) is 20.4 Å². The Morgan fingerprint density at radius 2 is 1.92 bits per heavy atom. The Hall–Kier alpha value is -3.28. The van der Waals surface area contributed by atoms with E-state index in [1.807, 2.05) is 26.0 Å². The number of amides is 2. The molecule has 0 saturated heterocycles. The van der Waals surface area contributed by atoms with Gasteiger partial charge in [-0.3, -0.25) is 9.59 Å². The van der Waals surface area contributed by atoms with E-state index in [-0.39, 0.29) is 17.6 Å². The maximum absolute atomic E-state index is 12.7. The third kappa shape index (κ3) is 3.85. The monoisotopic (exact) mass is 352 g/mol. The average Bonchev–Trinajstić information content (AvgIpc) is 3.28. The van der Waals surface area contributed by atoms with Gasteiger partial charge in [-0.25, -0.2) is 0 Å². The number of carbonyl (C=O) groups excluding carboxylic acids is 2. The lowest BCUT2D eigenvalue weighted by Crippen LogP contribution is -2.26. The maximum atomic E-state index is 12.7. The van der Waals surface area contributed by atoms with Crippen molar-refractivity contribution >= 4 is 17.5 Å². The Labute approximate surface area is 151 Å². The molecule has 2 heterocycles. The molecule has 0 aliphatic carbocycles. The first kappa shape index (κ1) is 17.5. The van der Waals surface area contributed by atoms with Gasteiger partial charge in [0.05, 0.1) is 12.8 Å². The van der Waals surface area contributed by atoms with E-state index in [4.69, 9.17) is 8.83 Å². The summed E-state index contributed by atoms with van der Waals surface area (Å²) in [6.45, 7) is 4.09. The highest BCUT2D eigenvalue weighted by Gasteiger charge is 2.16. The van der Waals surface area contributed by atoms with Crippen LogP contribution in [0, 0.1) is 13.8 Å². The summed E-state index contributed by atoms with van der Waals surface area (Å²) in [7, 11) is 1.71. The normalized spacial score (nSPS) is 10.6. The fraction of sp³-hybridized carbons (Fsp3) is 0.200. The molecule has 2 amide bonds. The van der Waals surface area contributed by atoms with Crippen LogP contribution in [0.15, 0.2) is 57.6 Å². The fourth-order valence-electron chi connectivity index (χ4n) is 2.58. The molecule has 3 rings (SSSR count). The van der Waals surface area contributed by atoms with E-state index in [0.29, 0.717) is 17.8 Å². The zero-order chi connectivity index (χ0) is 18.7. The summed E-state index contributed by atoms with van der Waals surface area (Å²) >= 11 is 0. The number of aryl methyl sites for hydroxylation is 2. The molecule has 0 spiro atoms. The Kier molecular flexibility index (Phi) is 4.93. The number of nitrogens with zero attached hydrogens (tertiary/aromatic N) is 1. The predicted octanol–water partition coefficient (Wildman–Crippen LogP) is 4.01. The molecular formula is C20H20N2O4. The highest BCUT2D eigenvalue weighted by Crippen LogP contribution is 2.20. The summed E-state index contributed by atoms with van der Waals surface area (Å²) in [4.78, 5) is 26.4. The molecule has 134 valence electrons. The van der Waals surface area contributed by atoms with Gasteiger partial charge in [-0.2, -0.15) is 0 Å². The smallest absolute Gasteiger partial charge is 0.291 e. The quantitative estimate of drug-likeness (QED) is 0.753. The van der Waals surface area contributed by atoms with E-state index in [0.717, 1.165) is 17.1 Å². The molecule has 0 aliphatic rings. The average molecular weight is 352 g/mol. The molecule has 0 bridgehead atoms. The van der Waals surface area contributed by atoms with Gasteiger partial charge in [0.1, 0.15) is 11.5 Å². The van der Waals surface area contributed by atoms with Crippen molar-refractivity contribution in [2.75, 3.05) is 12.4 Å². The Morgan fingerprint density at radius 3 is 2.58 bits per heavy atom. The largest absolute Gasteiger partial charge is 0.464 e. The van der Waals surface area contributed by atoms with Gasteiger partial charge >= 0.3 is 0 Å². The van der Waals surface area contributed by atoms with Crippen LogP contribution in [-0.4, -0.2) is 23.8 Å². The van der Waals surface area contributed by atoms with E-state index in [1.54, 1.807) is 42.3 Å². The Morgan fingerprint density at radius 1 is 1.12 bits per heavy atom. The second-order valence-electron chi connectivity index (χ2n) is 6.13. The first-order chi connectivity index (χ1) is 12.4. The summed E-state index contributed by atoms with van der Waals surface area (Å²) in [6.07, 6.45) is 1.44. The number of benzene rings is 1. The topological polar surface area (TPSA) is 75.7 Å². The molecule has 2 aromatic heterocycles. The molecule has 0 radical (unpaired) electrons. The highest BCUT2D eigenvalue weighted by atomic mass is 16.3. The van der Waals surface area contributed by atoms with E-state index < -0.39 is 0 Å². The lowest BCUT2D eigenvalue weighted by Gasteiger charge is -2.17. The van der Waals surface area contributed by atoms with Crippen LogP contribution >= 0.6 is 0 Å². The van der Waals surface area contributed by atoms with Crippen LogP contribution in [0.4, 0.5) is 5.69 Å². The standard InChI is InChI=1S/C20H20N2O4/c1-13-6-8-15(11-17(13)21-19(23)18-5-4-10-25-18)20(24)22(3)12-16-9-7-14(2)26-16/h4-11H,12H2,1-3H3,(H,21,23). The molecular weight excluding hydrogens is 332 g/mol. The zero-order valence-corrected chi connectivity index (χ0v) is 14.9. The summed E-state index contributed by atoms with van der Waals surface area (Å²) in [5.74, 6) is 1.22. The van der Waals surface area contributed by atoms with Gasteiger partial charge in [0.15, 0.2) is 5.76 Å². The van der Waals surface area contributed by atoms with Crippen LogP contribution in [0.5, 0.6) is 0 Å². The molecule has 0 atom stereocenters. The second-order valence-corrected chi connectivity index (χ2v) is 6.13. The van der Waals surface area contributed by atoms with Crippen molar-refractivity contribution in [3.8, 4) is 0 Å². The third-order valence-electron chi connectivity index (χ3n) is 4.01. The van der Waals surface area contributed by atoms with Gasteiger partial charge in [-0.1, -0.05) is 6.07 Å². The molecule has 0 aliphatic heterocycles. The predicted molar refractivity (Wildman–Crippen MR) is 97.1 cm³/mol. The number of hydrogen-bond donors (Lipinski definition) is 1. The summed E-state index contributed by atoms with van der Waals surface area (Å²) in [5.41, 5.74) is 1.90. The molecule has 0 fully saturated rings. The van der Waals surface area contributed by atoms with Gasteiger partial charge in [-0.15, -0.1) is 0 Å². The van der Waals surface area contributed by atoms with Crippen LogP contribution < -0.4 is 5.32 Å². The minimum Gasteiger partial charge on any atom is -0.464 e. The van der Waals surface area contributed by atoms with Crippen LogP contribution in [0.3, 0.4) is 0 Å². The minimum absolute atomic E-state index is 0.160. The van der Waals surface area contributed by atoms with Gasteiger partial charge in [0, 0.05) is 18.3 Å². The number of hydrogen-bond acceptors (Lipinski definition) is 4. The number of nitrogens with one attached hydrogen (secondary N) is 1. The van der Waals surface area contributed by atoms with Gasteiger partial charge < -0.3 is 19.1 Å². The first-order valence-corrected chi connectivity index (χ1v) is 8.20. The van der Waals surface area contributed by atoms with Crippen LogP contribution in [0.1, 0.15) is 38.0 Å². The third-order valence-corrected chi connectivity index (χ3v) is 4.01. The molecule has 0 unspecified atom stereocenters. The van der Waals surface area contributed by atoms with E-state index in [2.05, 4.69) is 5.32 Å². The molecule has 0 saturated carbocycles. The van der Waals surface area contributed by atoms with Crippen LogP contribution in [-0.2, 0) is 6.54 Å². The van der Waals surface area contributed by atoms with Crippen molar-refractivity contribution < 1.29 is 18.4 Å². The van der Waals surface area contributed by atoms with E-state index in [1.165, 1.54) is 6.26 Å². The molecule has 1 aromatic carbocycles. The molecule has 3 aromatic rings. The summed E-state index contributed by atoms with van der Waals surface area (Å²) < 4.78 is 10.6. The van der Waals surface area contributed by atoms with E-state index >= 15 is 0 Å². The van der Waals surface area contributed by atoms with Gasteiger partial charge in [-0.05, 0) is 55.8 Å².